The second-order valence-electron chi connectivity index (χ2n) is 6.54. The van der Waals surface area contributed by atoms with Crippen molar-refractivity contribution in [3.05, 3.63) is 42.0 Å². The summed E-state index contributed by atoms with van der Waals surface area (Å²) in [4.78, 5) is 0. The minimum absolute atomic E-state index is 0.195. The van der Waals surface area contributed by atoms with Crippen LogP contribution in [0.3, 0.4) is 0 Å². The Hall–Kier alpha value is -1.28. The van der Waals surface area contributed by atoms with Gasteiger partial charge in [-0.2, -0.15) is 0 Å². The molecular weight excluding hydrogens is 248 g/mol. The van der Waals surface area contributed by atoms with Crippen LogP contribution in [0.25, 0.3) is 0 Å². The molecule has 1 aromatic rings. The quantitative estimate of drug-likeness (QED) is 0.852. The third-order valence-corrected chi connectivity index (χ3v) is 5.71. The van der Waals surface area contributed by atoms with E-state index in [0.717, 1.165) is 31.4 Å². The zero-order valence-corrected chi connectivity index (χ0v) is 12.5. The van der Waals surface area contributed by atoms with Crippen molar-refractivity contribution in [1.29, 1.82) is 0 Å². The maximum Gasteiger partial charge on any atom is 0.119 e. The predicted octanol–water partition coefficient (Wildman–Crippen LogP) is 3.62. The summed E-state index contributed by atoms with van der Waals surface area (Å²) in [5.74, 6) is 1.24. The number of allylic oxidation sites excluding steroid dienone is 1. The number of benzene rings is 1. The molecule has 0 heterocycles. The molecule has 2 heteroatoms. The van der Waals surface area contributed by atoms with E-state index >= 15 is 0 Å². The molecule has 3 atom stereocenters. The summed E-state index contributed by atoms with van der Waals surface area (Å²) in [5, 5.41) is 11.3. The zero-order valence-electron chi connectivity index (χ0n) is 12.5. The summed E-state index contributed by atoms with van der Waals surface area (Å²) in [7, 11) is 1.70. The molecule has 2 nitrogen and oxygen atoms in total. The first-order valence-electron chi connectivity index (χ1n) is 7.56. The average molecular weight is 272 g/mol. The molecule has 1 N–H and O–H groups in total. The average Bonchev–Trinajstić information content (AvgIpc) is 2.41. The number of hydrogen-bond acceptors (Lipinski definition) is 2. The van der Waals surface area contributed by atoms with Crippen molar-refractivity contribution in [2.45, 2.75) is 50.0 Å². The van der Waals surface area contributed by atoms with Gasteiger partial charge in [-0.1, -0.05) is 18.6 Å². The van der Waals surface area contributed by atoms with Gasteiger partial charge in [0, 0.05) is 5.41 Å². The largest absolute Gasteiger partial charge is 0.497 e. The topological polar surface area (TPSA) is 29.5 Å². The SMILES string of the molecule is C=CC[C@]12CCC[C@H](Cc3ccc(OC)cc31)[C@]2(C)O. The molecule has 0 aromatic heterocycles. The monoisotopic (exact) mass is 272 g/mol. The van der Waals surface area contributed by atoms with Gasteiger partial charge in [-0.3, -0.25) is 0 Å². The van der Waals surface area contributed by atoms with E-state index < -0.39 is 5.60 Å². The van der Waals surface area contributed by atoms with E-state index in [1.54, 1.807) is 7.11 Å². The zero-order chi connectivity index (χ0) is 14.4. The van der Waals surface area contributed by atoms with Crippen molar-refractivity contribution in [2.24, 2.45) is 5.92 Å². The third kappa shape index (κ3) is 1.67. The van der Waals surface area contributed by atoms with Crippen LogP contribution in [0.4, 0.5) is 0 Å². The molecule has 0 saturated heterocycles. The number of aliphatic hydroxyl groups is 1. The lowest BCUT2D eigenvalue weighted by Crippen LogP contribution is -2.60. The van der Waals surface area contributed by atoms with Crippen molar-refractivity contribution in [2.75, 3.05) is 7.11 Å². The highest BCUT2D eigenvalue weighted by Gasteiger charge is 2.57. The minimum atomic E-state index is -0.654. The highest BCUT2D eigenvalue weighted by Crippen LogP contribution is 2.57. The summed E-state index contributed by atoms with van der Waals surface area (Å²) < 4.78 is 5.40. The van der Waals surface area contributed by atoms with Gasteiger partial charge in [0.15, 0.2) is 0 Å². The summed E-state index contributed by atoms with van der Waals surface area (Å²) in [6.45, 7) is 5.97. The van der Waals surface area contributed by atoms with Crippen LogP contribution in [-0.4, -0.2) is 17.8 Å². The molecule has 0 aliphatic heterocycles. The Balaban J connectivity index is 2.22. The van der Waals surface area contributed by atoms with Crippen LogP contribution >= 0.6 is 0 Å². The smallest absolute Gasteiger partial charge is 0.119 e. The molecule has 0 radical (unpaired) electrons. The molecule has 3 rings (SSSR count). The Kier molecular flexibility index (Phi) is 3.17. The Morgan fingerprint density at radius 1 is 1.50 bits per heavy atom. The highest BCUT2D eigenvalue weighted by atomic mass is 16.5. The van der Waals surface area contributed by atoms with Gasteiger partial charge in [0.05, 0.1) is 12.7 Å². The molecule has 2 bridgehead atoms. The first-order valence-corrected chi connectivity index (χ1v) is 7.56. The van der Waals surface area contributed by atoms with Crippen molar-refractivity contribution < 1.29 is 9.84 Å². The van der Waals surface area contributed by atoms with Crippen LogP contribution in [0.15, 0.2) is 30.9 Å². The van der Waals surface area contributed by atoms with E-state index in [9.17, 15) is 5.11 Å². The Morgan fingerprint density at radius 2 is 2.30 bits per heavy atom. The first-order chi connectivity index (χ1) is 9.55. The van der Waals surface area contributed by atoms with E-state index in [1.807, 2.05) is 19.1 Å². The van der Waals surface area contributed by atoms with Crippen molar-refractivity contribution in [3.8, 4) is 5.75 Å². The molecule has 2 aliphatic rings. The fourth-order valence-corrected chi connectivity index (χ4v) is 4.52. The first kappa shape index (κ1) is 13.7. The molecule has 20 heavy (non-hydrogen) atoms. The van der Waals surface area contributed by atoms with Gasteiger partial charge >= 0.3 is 0 Å². The Morgan fingerprint density at radius 3 is 3.00 bits per heavy atom. The molecule has 1 saturated carbocycles. The second-order valence-corrected chi connectivity index (χ2v) is 6.54. The van der Waals surface area contributed by atoms with Crippen molar-refractivity contribution in [1.82, 2.24) is 0 Å². The molecule has 1 fully saturated rings. The number of rotatable bonds is 3. The van der Waals surface area contributed by atoms with Crippen LogP contribution in [0.1, 0.15) is 43.7 Å². The van der Waals surface area contributed by atoms with Crippen LogP contribution in [0.5, 0.6) is 5.75 Å². The van der Waals surface area contributed by atoms with Crippen molar-refractivity contribution in [3.63, 3.8) is 0 Å². The van der Waals surface area contributed by atoms with E-state index in [1.165, 1.54) is 17.5 Å². The second kappa shape index (κ2) is 4.63. The van der Waals surface area contributed by atoms with E-state index in [0.29, 0.717) is 5.92 Å². The van der Waals surface area contributed by atoms with Gasteiger partial charge in [-0.15, -0.1) is 6.58 Å². The van der Waals surface area contributed by atoms with Gasteiger partial charge in [-0.25, -0.2) is 0 Å². The minimum Gasteiger partial charge on any atom is -0.497 e. The van der Waals surface area contributed by atoms with E-state index in [-0.39, 0.29) is 5.41 Å². The maximum absolute atomic E-state index is 11.3. The lowest BCUT2D eigenvalue weighted by atomic mass is 9.50. The number of methoxy groups -OCH3 is 1. The summed E-state index contributed by atoms with van der Waals surface area (Å²) in [5.41, 5.74) is 1.81. The fourth-order valence-electron chi connectivity index (χ4n) is 4.52. The Labute approximate surface area is 121 Å². The van der Waals surface area contributed by atoms with Crippen LogP contribution in [0, 0.1) is 5.92 Å². The lowest BCUT2D eigenvalue weighted by molar-refractivity contribution is -0.107. The molecular formula is C18H24O2. The summed E-state index contributed by atoms with van der Waals surface area (Å²) in [6, 6.07) is 6.35. The molecule has 0 unspecified atom stereocenters. The third-order valence-electron chi connectivity index (χ3n) is 5.71. The number of ether oxygens (including phenoxy) is 1. The standard InChI is InChI=1S/C18H24O2/c1-4-9-18-10-5-6-14(17(18,2)19)11-13-7-8-15(20-3)12-16(13)18/h4,7-8,12,14,19H,1,5-6,9-11H2,2-3H3/t14-,17+,18+/m1/s1. The van der Waals surface area contributed by atoms with Gasteiger partial charge in [0.2, 0.25) is 0 Å². The lowest BCUT2D eigenvalue weighted by Gasteiger charge is -2.57. The predicted molar refractivity (Wildman–Crippen MR) is 81.2 cm³/mol. The molecule has 2 aliphatic carbocycles. The maximum atomic E-state index is 11.3. The normalized spacial score (nSPS) is 35.2. The molecule has 0 amide bonds. The highest BCUT2D eigenvalue weighted by molar-refractivity contribution is 5.47. The number of fused-ring (bicyclic) bond motifs is 4. The number of hydrogen-bond donors (Lipinski definition) is 1. The fraction of sp³-hybridized carbons (Fsp3) is 0.556. The molecule has 1 aromatic carbocycles. The van der Waals surface area contributed by atoms with E-state index in [2.05, 4.69) is 18.7 Å². The Bertz CT molecular complexity index is 532. The van der Waals surface area contributed by atoms with Gasteiger partial charge in [0.25, 0.3) is 0 Å². The van der Waals surface area contributed by atoms with Gasteiger partial charge < -0.3 is 9.84 Å². The molecule has 108 valence electrons. The summed E-state index contributed by atoms with van der Waals surface area (Å²) in [6.07, 6.45) is 7.11. The summed E-state index contributed by atoms with van der Waals surface area (Å²) >= 11 is 0. The van der Waals surface area contributed by atoms with Crippen LogP contribution < -0.4 is 4.74 Å². The van der Waals surface area contributed by atoms with Gasteiger partial charge in [0.1, 0.15) is 5.75 Å². The van der Waals surface area contributed by atoms with Crippen LogP contribution in [-0.2, 0) is 11.8 Å². The molecule has 0 spiro atoms. The van der Waals surface area contributed by atoms with Gasteiger partial charge in [-0.05, 0) is 61.8 Å². The van der Waals surface area contributed by atoms with Crippen LogP contribution in [0.2, 0.25) is 0 Å². The van der Waals surface area contributed by atoms with Crippen molar-refractivity contribution >= 4 is 0 Å². The van der Waals surface area contributed by atoms with E-state index in [4.69, 9.17) is 4.74 Å².